The van der Waals surface area contributed by atoms with Crippen LogP contribution in [0.2, 0.25) is 0 Å². The monoisotopic (exact) mass is 355 g/mol. The second kappa shape index (κ2) is 9.45. The Labute approximate surface area is 142 Å². The predicted octanol–water partition coefficient (Wildman–Crippen LogP) is 2.31. The van der Waals surface area contributed by atoms with Crippen LogP contribution in [0.4, 0.5) is 5.69 Å². The zero-order chi connectivity index (χ0) is 18.2. The Hall–Kier alpha value is -1.85. The van der Waals surface area contributed by atoms with Crippen LogP contribution in [-0.2, 0) is 14.1 Å². The summed E-state index contributed by atoms with van der Waals surface area (Å²) in [6, 6.07) is 6.75. The number of para-hydroxylation sites is 1. The van der Waals surface area contributed by atoms with Gasteiger partial charge >= 0.3 is 5.97 Å². The minimum absolute atomic E-state index is 0.152. The van der Waals surface area contributed by atoms with Gasteiger partial charge in [-0.2, -0.15) is 0 Å². The Morgan fingerprint density at radius 1 is 1.33 bits per heavy atom. The third kappa shape index (κ3) is 6.34. The van der Waals surface area contributed by atoms with E-state index in [9.17, 15) is 14.3 Å². The first-order valence-electron chi connectivity index (χ1n) is 7.88. The van der Waals surface area contributed by atoms with Crippen molar-refractivity contribution in [2.45, 2.75) is 32.1 Å². The Morgan fingerprint density at radius 2 is 2.00 bits per heavy atom. The highest BCUT2D eigenvalue weighted by molar-refractivity contribution is 7.58. The summed E-state index contributed by atoms with van der Waals surface area (Å²) in [5, 5.41) is 0. The molecule has 5 N–H and O–H groups in total. The number of nitrogens with zero attached hydrogens (tertiary/aromatic N) is 1. The maximum Gasteiger partial charge on any atom is 0.313 e. The minimum Gasteiger partial charge on any atom is -0.469 e. The van der Waals surface area contributed by atoms with Crippen LogP contribution in [0, 0.1) is 0 Å². The molecule has 0 bridgehead atoms. The van der Waals surface area contributed by atoms with Gasteiger partial charge in [-0.3, -0.25) is 9.36 Å². The maximum absolute atomic E-state index is 12.5. The topological polar surface area (TPSA) is 128 Å². The smallest absolute Gasteiger partial charge is 0.313 e. The van der Waals surface area contributed by atoms with Gasteiger partial charge in [0, 0.05) is 12.3 Å². The van der Waals surface area contributed by atoms with Crippen molar-refractivity contribution < 1.29 is 19.0 Å². The number of hydrogen-bond acceptors (Lipinski definition) is 4. The van der Waals surface area contributed by atoms with E-state index in [-0.39, 0.29) is 18.3 Å². The molecule has 0 radical (unpaired) electrons. The summed E-state index contributed by atoms with van der Waals surface area (Å²) < 4.78 is 17.3. The van der Waals surface area contributed by atoms with E-state index in [0.29, 0.717) is 17.7 Å². The summed E-state index contributed by atoms with van der Waals surface area (Å²) in [5.41, 5.74) is 11.7. The van der Waals surface area contributed by atoms with E-state index in [1.54, 1.807) is 24.3 Å². The fraction of sp³-hybridized carbons (Fsp3) is 0.500. The quantitative estimate of drug-likeness (QED) is 0.205. The van der Waals surface area contributed by atoms with E-state index in [2.05, 4.69) is 4.99 Å². The van der Waals surface area contributed by atoms with Gasteiger partial charge in [-0.05, 0) is 18.1 Å². The highest BCUT2D eigenvalue weighted by Gasteiger charge is 2.32. The average molecular weight is 355 g/mol. The molecule has 134 valence electrons. The van der Waals surface area contributed by atoms with Crippen LogP contribution >= 0.6 is 7.37 Å². The van der Waals surface area contributed by atoms with Crippen LogP contribution < -0.4 is 11.5 Å². The molecule has 0 fully saturated rings. The Balaban J connectivity index is 3.13. The van der Waals surface area contributed by atoms with Crippen LogP contribution in [0.3, 0.4) is 0 Å². The molecule has 1 aromatic rings. The molecule has 2 unspecified atom stereocenters. The predicted molar refractivity (Wildman–Crippen MR) is 95.8 cm³/mol. The Kier molecular flexibility index (Phi) is 7.95. The first-order valence-corrected chi connectivity index (χ1v) is 9.91. The molecule has 0 saturated carbocycles. The molecule has 0 heterocycles. The van der Waals surface area contributed by atoms with Crippen molar-refractivity contribution in [3.05, 3.63) is 29.8 Å². The Morgan fingerprint density at radius 3 is 2.58 bits per heavy atom. The van der Waals surface area contributed by atoms with E-state index < -0.39 is 19.3 Å². The Bertz CT molecular complexity index is 630. The SMILES string of the molecule is CCCCCP(=O)(O)CC(C(=O)OC)c1ccccc1N=C(N)N. The molecule has 7 nitrogen and oxygen atoms in total. The van der Waals surface area contributed by atoms with Crippen molar-refractivity contribution in [3.63, 3.8) is 0 Å². The molecule has 0 aliphatic heterocycles. The lowest BCUT2D eigenvalue weighted by atomic mass is 9.99. The molecule has 0 spiro atoms. The van der Waals surface area contributed by atoms with Gasteiger partial charge < -0.3 is 21.1 Å². The number of carbonyl (C=O) groups is 1. The zero-order valence-electron chi connectivity index (χ0n) is 14.1. The summed E-state index contributed by atoms with van der Waals surface area (Å²) in [6.07, 6.45) is 2.46. The number of unbranched alkanes of at least 4 members (excludes halogenated alkanes) is 2. The van der Waals surface area contributed by atoms with Crippen LogP contribution in [0.1, 0.15) is 37.7 Å². The summed E-state index contributed by atoms with van der Waals surface area (Å²) in [5.74, 6) is -1.63. The van der Waals surface area contributed by atoms with Crippen LogP contribution in [0.5, 0.6) is 0 Å². The summed E-state index contributed by atoms with van der Waals surface area (Å²) in [6.45, 7) is 2.02. The van der Waals surface area contributed by atoms with Gasteiger partial charge in [-0.15, -0.1) is 0 Å². The first kappa shape index (κ1) is 20.2. The molecular formula is C16H26N3O4P. The van der Waals surface area contributed by atoms with Crippen molar-refractivity contribution in [2.24, 2.45) is 16.5 Å². The van der Waals surface area contributed by atoms with Crippen molar-refractivity contribution in [1.82, 2.24) is 0 Å². The van der Waals surface area contributed by atoms with E-state index in [4.69, 9.17) is 16.2 Å². The van der Waals surface area contributed by atoms with Gasteiger partial charge in [0.2, 0.25) is 7.37 Å². The van der Waals surface area contributed by atoms with Crippen LogP contribution in [-0.4, -0.2) is 36.3 Å². The van der Waals surface area contributed by atoms with Crippen LogP contribution in [0.15, 0.2) is 29.3 Å². The van der Waals surface area contributed by atoms with Crippen molar-refractivity contribution in [1.29, 1.82) is 0 Å². The number of ether oxygens (including phenoxy) is 1. The van der Waals surface area contributed by atoms with Gasteiger partial charge in [-0.25, -0.2) is 4.99 Å². The standard InChI is InChI=1S/C16H26N3O4P/c1-3-4-7-10-24(21,22)11-13(15(20)23-2)12-8-5-6-9-14(12)19-16(17)18/h5-6,8-9,13H,3-4,7,10-11H2,1-2H3,(H,21,22)(H4,17,18,19). The number of nitrogens with two attached hydrogens (primary N) is 2. The fourth-order valence-corrected chi connectivity index (χ4v) is 4.27. The lowest BCUT2D eigenvalue weighted by molar-refractivity contribution is -0.141. The van der Waals surface area contributed by atoms with E-state index in [1.165, 1.54) is 7.11 Å². The largest absolute Gasteiger partial charge is 0.469 e. The summed E-state index contributed by atoms with van der Waals surface area (Å²) >= 11 is 0. The summed E-state index contributed by atoms with van der Waals surface area (Å²) in [7, 11) is -2.23. The second-order valence-electron chi connectivity index (χ2n) is 5.63. The third-order valence-corrected chi connectivity index (χ3v) is 5.58. The first-order chi connectivity index (χ1) is 11.3. The number of aliphatic imine (C=N–C) groups is 1. The van der Waals surface area contributed by atoms with Crippen LogP contribution in [0.25, 0.3) is 0 Å². The molecule has 0 saturated heterocycles. The molecule has 1 rings (SSSR count). The lowest BCUT2D eigenvalue weighted by Gasteiger charge is -2.20. The molecule has 0 aliphatic rings. The molecule has 0 aromatic heterocycles. The second-order valence-corrected chi connectivity index (χ2v) is 8.14. The number of esters is 1. The molecule has 2 atom stereocenters. The van der Waals surface area contributed by atoms with E-state index in [1.807, 2.05) is 6.92 Å². The fourth-order valence-electron chi connectivity index (χ4n) is 2.45. The molecule has 8 heteroatoms. The highest BCUT2D eigenvalue weighted by atomic mass is 31.2. The van der Waals surface area contributed by atoms with Gasteiger partial charge in [0.15, 0.2) is 5.96 Å². The summed E-state index contributed by atoms with van der Waals surface area (Å²) in [4.78, 5) is 26.4. The van der Waals surface area contributed by atoms with Crippen molar-refractivity contribution >= 4 is 25.0 Å². The number of methoxy groups -OCH3 is 1. The van der Waals surface area contributed by atoms with Crippen molar-refractivity contribution in [2.75, 3.05) is 19.4 Å². The number of hydrogen-bond donors (Lipinski definition) is 3. The normalized spacial score (nSPS) is 14.5. The number of guanidine groups is 1. The van der Waals surface area contributed by atoms with Crippen molar-refractivity contribution in [3.8, 4) is 0 Å². The zero-order valence-corrected chi connectivity index (χ0v) is 15.0. The molecule has 24 heavy (non-hydrogen) atoms. The average Bonchev–Trinajstić information content (AvgIpc) is 2.52. The minimum atomic E-state index is -3.48. The van der Waals surface area contributed by atoms with Gasteiger partial charge in [0.1, 0.15) is 0 Å². The maximum atomic E-state index is 12.5. The van der Waals surface area contributed by atoms with Gasteiger partial charge in [0.25, 0.3) is 0 Å². The molecular weight excluding hydrogens is 329 g/mol. The number of benzene rings is 1. The third-order valence-electron chi connectivity index (χ3n) is 3.63. The molecule has 0 amide bonds. The van der Waals surface area contributed by atoms with Gasteiger partial charge in [0.05, 0.1) is 18.7 Å². The van der Waals surface area contributed by atoms with Gasteiger partial charge in [-0.1, -0.05) is 38.0 Å². The highest BCUT2D eigenvalue weighted by Crippen LogP contribution is 2.47. The van der Waals surface area contributed by atoms with E-state index >= 15 is 0 Å². The number of rotatable bonds is 9. The molecule has 1 aromatic carbocycles. The molecule has 0 aliphatic carbocycles. The number of carbonyl (C=O) groups excluding carboxylic acids is 1. The van der Waals surface area contributed by atoms with E-state index in [0.717, 1.165) is 12.8 Å². The lowest BCUT2D eigenvalue weighted by Crippen LogP contribution is -2.23.